The van der Waals surface area contributed by atoms with E-state index in [-0.39, 0.29) is 5.91 Å². The molecule has 0 aliphatic carbocycles. The van der Waals surface area contributed by atoms with Crippen molar-refractivity contribution in [1.82, 2.24) is 10.4 Å². The molecule has 0 spiro atoms. The fourth-order valence-electron chi connectivity index (χ4n) is 2.30. The van der Waals surface area contributed by atoms with Gasteiger partial charge in [-0.25, -0.2) is 5.43 Å². The molecule has 2 aromatic heterocycles. The quantitative estimate of drug-likeness (QED) is 0.544. The van der Waals surface area contributed by atoms with Crippen LogP contribution >= 0.6 is 11.3 Å². The summed E-state index contributed by atoms with van der Waals surface area (Å²) in [4.78, 5) is 16.4. The summed E-state index contributed by atoms with van der Waals surface area (Å²) >= 11 is 1.62. The van der Waals surface area contributed by atoms with Gasteiger partial charge in [-0.15, -0.1) is 11.3 Å². The number of aromatic nitrogens is 1. The predicted molar refractivity (Wildman–Crippen MR) is 91.7 cm³/mol. The van der Waals surface area contributed by atoms with E-state index >= 15 is 0 Å². The van der Waals surface area contributed by atoms with Crippen molar-refractivity contribution in [1.29, 1.82) is 0 Å². The molecule has 2 N–H and O–H groups in total. The number of carbonyl (C=O) groups is 1. The number of fused-ring (bicyclic) bond motifs is 1. The van der Waals surface area contributed by atoms with Gasteiger partial charge >= 0.3 is 0 Å². The second-order valence-electron chi connectivity index (χ2n) is 5.04. The third-order valence-corrected chi connectivity index (χ3v) is 4.40. The number of nitrogens with one attached hydrogen (secondary N) is 2. The van der Waals surface area contributed by atoms with Crippen molar-refractivity contribution in [3.8, 4) is 0 Å². The Labute approximate surface area is 132 Å². The first kappa shape index (κ1) is 14.5. The summed E-state index contributed by atoms with van der Waals surface area (Å²) in [6.07, 6.45) is 5.64. The van der Waals surface area contributed by atoms with Gasteiger partial charge < -0.3 is 4.98 Å². The molecule has 0 bridgehead atoms. The number of aromatic amines is 1. The lowest BCUT2D eigenvalue weighted by atomic mass is 10.2. The van der Waals surface area contributed by atoms with E-state index in [9.17, 15) is 4.79 Å². The lowest BCUT2D eigenvalue weighted by Crippen LogP contribution is -2.16. The molecule has 0 saturated carbocycles. The number of amides is 1. The van der Waals surface area contributed by atoms with E-state index in [1.54, 1.807) is 17.6 Å². The van der Waals surface area contributed by atoms with Crippen LogP contribution in [0.1, 0.15) is 34.1 Å². The standard InChI is InChI=1S/C17H17N3OS/c1-2-5-14-8-12(11-22-14)17(21)20-19-10-13-9-18-16-7-4-3-6-15(13)16/h3-4,6-11,18H,2,5H2,1H3,(H,20,21)/b19-10-. The first-order valence-electron chi connectivity index (χ1n) is 7.25. The van der Waals surface area contributed by atoms with Crippen molar-refractivity contribution in [3.63, 3.8) is 0 Å². The number of hydrogen-bond acceptors (Lipinski definition) is 3. The minimum Gasteiger partial charge on any atom is -0.361 e. The summed E-state index contributed by atoms with van der Waals surface area (Å²) in [7, 11) is 0. The van der Waals surface area contributed by atoms with E-state index in [0.717, 1.165) is 29.3 Å². The molecule has 112 valence electrons. The third kappa shape index (κ3) is 3.09. The van der Waals surface area contributed by atoms with Gasteiger partial charge in [-0.2, -0.15) is 5.10 Å². The van der Waals surface area contributed by atoms with Crippen LogP contribution in [0.5, 0.6) is 0 Å². The molecule has 0 aliphatic rings. The van der Waals surface area contributed by atoms with Crippen LogP contribution in [0.2, 0.25) is 0 Å². The van der Waals surface area contributed by atoms with Crippen LogP contribution in [-0.2, 0) is 6.42 Å². The molecule has 0 unspecified atom stereocenters. The van der Waals surface area contributed by atoms with Crippen LogP contribution in [0, 0.1) is 0 Å². The Bertz CT molecular complexity index is 816. The smallest absolute Gasteiger partial charge is 0.272 e. The highest BCUT2D eigenvalue weighted by atomic mass is 32.1. The monoisotopic (exact) mass is 311 g/mol. The Morgan fingerprint density at radius 1 is 1.41 bits per heavy atom. The predicted octanol–water partition coefficient (Wildman–Crippen LogP) is 3.95. The number of H-pyrrole nitrogens is 1. The first-order chi connectivity index (χ1) is 10.8. The van der Waals surface area contributed by atoms with Crippen molar-refractivity contribution in [3.05, 3.63) is 57.9 Å². The van der Waals surface area contributed by atoms with Gasteiger partial charge in [0.2, 0.25) is 0 Å². The topological polar surface area (TPSA) is 57.2 Å². The average molecular weight is 311 g/mol. The number of para-hydroxylation sites is 1. The van der Waals surface area contributed by atoms with Crippen LogP contribution in [0.25, 0.3) is 10.9 Å². The van der Waals surface area contributed by atoms with E-state index in [1.807, 2.05) is 41.9 Å². The number of thiophene rings is 1. The van der Waals surface area contributed by atoms with Crippen LogP contribution in [0.15, 0.2) is 47.0 Å². The average Bonchev–Trinajstić information content (AvgIpc) is 3.15. The zero-order valence-corrected chi connectivity index (χ0v) is 13.1. The number of nitrogens with zero attached hydrogens (tertiary/aromatic N) is 1. The van der Waals surface area contributed by atoms with Crippen LogP contribution in [0.4, 0.5) is 0 Å². The van der Waals surface area contributed by atoms with Gasteiger partial charge in [0.25, 0.3) is 5.91 Å². The molecule has 4 nitrogen and oxygen atoms in total. The molecule has 1 amide bonds. The number of hydrogen-bond donors (Lipinski definition) is 2. The van der Waals surface area contributed by atoms with Gasteiger partial charge in [-0.3, -0.25) is 4.79 Å². The van der Waals surface area contributed by atoms with Crippen molar-refractivity contribution in [2.24, 2.45) is 5.10 Å². The lowest BCUT2D eigenvalue weighted by Gasteiger charge is -1.96. The van der Waals surface area contributed by atoms with Gasteiger partial charge in [-0.1, -0.05) is 31.5 Å². The number of carbonyl (C=O) groups excluding carboxylic acids is 1. The maximum atomic E-state index is 12.0. The van der Waals surface area contributed by atoms with Gasteiger partial charge in [0.05, 0.1) is 11.8 Å². The Hall–Kier alpha value is -2.40. The highest BCUT2D eigenvalue weighted by Gasteiger charge is 2.07. The van der Waals surface area contributed by atoms with Crippen molar-refractivity contribution in [2.45, 2.75) is 19.8 Å². The van der Waals surface area contributed by atoms with E-state index in [1.165, 1.54) is 4.88 Å². The molecule has 3 rings (SSSR count). The highest BCUT2D eigenvalue weighted by Crippen LogP contribution is 2.17. The lowest BCUT2D eigenvalue weighted by molar-refractivity contribution is 0.0955. The largest absolute Gasteiger partial charge is 0.361 e. The van der Waals surface area contributed by atoms with Crippen molar-refractivity contribution < 1.29 is 4.79 Å². The first-order valence-corrected chi connectivity index (χ1v) is 8.13. The number of hydrazone groups is 1. The maximum Gasteiger partial charge on any atom is 0.272 e. The zero-order chi connectivity index (χ0) is 15.4. The second-order valence-corrected chi connectivity index (χ2v) is 6.04. The molecule has 5 heteroatoms. The minimum absolute atomic E-state index is 0.172. The molecule has 1 aromatic carbocycles. The normalized spacial score (nSPS) is 11.3. The van der Waals surface area contributed by atoms with E-state index in [4.69, 9.17) is 0 Å². The number of rotatable bonds is 5. The third-order valence-electron chi connectivity index (χ3n) is 3.40. The highest BCUT2D eigenvalue weighted by molar-refractivity contribution is 7.10. The molecule has 0 saturated heterocycles. The fourth-order valence-corrected chi connectivity index (χ4v) is 3.27. The molecule has 22 heavy (non-hydrogen) atoms. The molecular formula is C17H17N3OS. The number of benzene rings is 1. The summed E-state index contributed by atoms with van der Waals surface area (Å²) in [6.45, 7) is 2.13. The molecular weight excluding hydrogens is 294 g/mol. The Morgan fingerprint density at radius 2 is 2.27 bits per heavy atom. The molecule has 0 radical (unpaired) electrons. The maximum absolute atomic E-state index is 12.0. The molecule has 0 atom stereocenters. The van der Waals surface area contributed by atoms with Crippen LogP contribution in [0.3, 0.4) is 0 Å². The summed E-state index contributed by atoms with van der Waals surface area (Å²) in [5, 5.41) is 7.02. The molecule has 3 aromatic rings. The minimum atomic E-state index is -0.172. The van der Waals surface area contributed by atoms with E-state index in [0.29, 0.717) is 5.56 Å². The van der Waals surface area contributed by atoms with E-state index < -0.39 is 0 Å². The van der Waals surface area contributed by atoms with Gasteiger partial charge in [0, 0.05) is 32.9 Å². The van der Waals surface area contributed by atoms with Gasteiger partial charge in [0.15, 0.2) is 0 Å². The van der Waals surface area contributed by atoms with Gasteiger partial charge in [-0.05, 0) is 18.6 Å². The Balaban J connectivity index is 1.67. The summed E-state index contributed by atoms with van der Waals surface area (Å²) in [5.41, 5.74) is 5.26. The fraction of sp³-hybridized carbons (Fsp3) is 0.176. The molecule has 0 aliphatic heterocycles. The molecule has 0 fully saturated rings. The van der Waals surface area contributed by atoms with Gasteiger partial charge in [0.1, 0.15) is 0 Å². The van der Waals surface area contributed by atoms with Crippen LogP contribution in [-0.4, -0.2) is 17.1 Å². The summed E-state index contributed by atoms with van der Waals surface area (Å²) in [5.74, 6) is -0.172. The van der Waals surface area contributed by atoms with Crippen molar-refractivity contribution in [2.75, 3.05) is 0 Å². The SMILES string of the molecule is CCCc1cc(C(=O)N/N=C\c2c[nH]c3ccccc23)cs1. The Morgan fingerprint density at radius 3 is 3.14 bits per heavy atom. The molecule has 2 heterocycles. The number of aryl methyl sites for hydroxylation is 1. The summed E-state index contributed by atoms with van der Waals surface area (Å²) < 4.78 is 0. The van der Waals surface area contributed by atoms with Crippen LogP contribution < -0.4 is 5.43 Å². The second kappa shape index (κ2) is 6.58. The van der Waals surface area contributed by atoms with Crippen molar-refractivity contribution >= 4 is 34.4 Å². The van der Waals surface area contributed by atoms with E-state index in [2.05, 4.69) is 22.4 Å². The Kier molecular flexibility index (Phi) is 4.34. The zero-order valence-electron chi connectivity index (χ0n) is 12.3. The summed E-state index contributed by atoms with van der Waals surface area (Å²) in [6, 6.07) is 9.92.